The van der Waals surface area contributed by atoms with E-state index in [2.05, 4.69) is 20.1 Å². The van der Waals surface area contributed by atoms with E-state index in [4.69, 9.17) is 11.6 Å². The summed E-state index contributed by atoms with van der Waals surface area (Å²) < 4.78 is 1.38. The monoisotopic (exact) mass is 311 g/mol. The molecule has 0 aliphatic heterocycles. The first-order valence-electron chi connectivity index (χ1n) is 5.92. The van der Waals surface area contributed by atoms with E-state index in [0.29, 0.717) is 21.3 Å². The van der Waals surface area contributed by atoms with Gasteiger partial charge < -0.3 is 0 Å². The molecule has 0 unspecified atom stereocenters. The summed E-state index contributed by atoms with van der Waals surface area (Å²) >= 11 is 7.13. The Kier molecular flexibility index (Phi) is 3.35. The van der Waals surface area contributed by atoms with Crippen LogP contribution in [0.1, 0.15) is 24.6 Å². The molecule has 0 saturated heterocycles. The van der Waals surface area contributed by atoms with E-state index in [-0.39, 0.29) is 0 Å². The molecule has 2 aromatic rings. The first kappa shape index (κ1) is 13.3. The number of halogens is 1. The lowest BCUT2D eigenvalue weighted by molar-refractivity contribution is 0.596. The lowest BCUT2D eigenvalue weighted by Gasteiger charge is -2.06. The summed E-state index contributed by atoms with van der Waals surface area (Å²) in [6, 6.07) is 1.61. The zero-order valence-corrected chi connectivity index (χ0v) is 12.0. The van der Waals surface area contributed by atoms with Crippen molar-refractivity contribution in [3.63, 3.8) is 0 Å². The fourth-order valence-corrected chi connectivity index (χ4v) is 2.70. The Morgan fingerprint density at radius 1 is 1.35 bits per heavy atom. The van der Waals surface area contributed by atoms with Crippen molar-refractivity contribution >= 4 is 23.4 Å². The average molecular weight is 312 g/mol. The smallest absolute Gasteiger partial charge is 0.265 e. The molecule has 0 atom stereocenters. The van der Waals surface area contributed by atoms with Crippen molar-refractivity contribution < 1.29 is 0 Å². The van der Waals surface area contributed by atoms with E-state index in [1.807, 2.05) is 0 Å². The van der Waals surface area contributed by atoms with Gasteiger partial charge >= 0.3 is 11.1 Å². The van der Waals surface area contributed by atoms with E-state index in [1.54, 1.807) is 13.1 Å². The fraction of sp³-hybridized carbons (Fsp3) is 0.364. The Morgan fingerprint density at radius 3 is 2.80 bits per heavy atom. The molecule has 2 heterocycles. The molecule has 0 radical (unpaired) electrons. The molecule has 3 rings (SSSR count). The Morgan fingerprint density at radius 2 is 2.10 bits per heavy atom. The minimum atomic E-state index is -0.826. The van der Waals surface area contributed by atoms with E-state index in [9.17, 15) is 9.59 Å². The molecule has 1 saturated carbocycles. The predicted molar refractivity (Wildman–Crippen MR) is 73.2 cm³/mol. The predicted octanol–water partition coefficient (Wildman–Crippen LogP) is 0.941. The highest BCUT2D eigenvalue weighted by Crippen LogP contribution is 2.39. The summed E-state index contributed by atoms with van der Waals surface area (Å²) in [5, 5.41) is 3.68. The van der Waals surface area contributed by atoms with Crippen molar-refractivity contribution in [3.05, 3.63) is 37.8 Å². The van der Waals surface area contributed by atoms with Crippen LogP contribution in [0.3, 0.4) is 0 Å². The average Bonchev–Trinajstić information content (AvgIpc) is 3.19. The second kappa shape index (κ2) is 5.02. The highest BCUT2D eigenvalue weighted by Gasteiger charge is 2.27. The molecule has 0 amide bonds. The number of aromatic nitrogens is 5. The number of H-pyrrole nitrogens is 1. The van der Waals surface area contributed by atoms with Crippen LogP contribution in [0, 0.1) is 0 Å². The number of hydrogen-bond acceptors (Lipinski definition) is 6. The molecule has 1 aliphatic carbocycles. The summed E-state index contributed by atoms with van der Waals surface area (Å²) in [4.78, 5) is 34.7. The SMILES string of the molecule is Cn1[nH]c(=O)c(=O)nc1Sc1cc(Cl)nc(C2CC2)n1. The van der Waals surface area contributed by atoms with Crippen LogP contribution in [0.5, 0.6) is 0 Å². The van der Waals surface area contributed by atoms with Crippen LogP contribution in [-0.2, 0) is 7.05 Å². The third kappa shape index (κ3) is 2.75. The maximum absolute atomic E-state index is 11.3. The lowest BCUT2D eigenvalue weighted by atomic mass is 10.4. The summed E-state index contributed by atoms with van der Waals surface area (Å²) in [7, 11) is 1.60. The highest BCUT2D eigenvalue weighted by atomic mass is 35.5. The van der Waals surface area contributed by atoms with Gasteiger partial charge in [-0.15, -0.1) is 0 Å². The molecule has 1 aliphatic rings. The van der Waals surface area contributed by atoms with Gasteiger partial charge in [0.25, 0.3) is 0 Å². The number of aromatic amines is 1. The quantitative estimate of drug-likeness (QED) is 0.670. The van der Waals surface area contributed by atoms with Gasteiger partial charge in [0, 0.05) is 19.0 Å². The molecule has 9 heteroatoms. The zero-order valence-electron chi connectivity index (χ0n) is 10.5. The van der Waals surface area contributed by atoms with Gasteiger partial charge in [0.15, 0.2) is 5.16 Å². The third-order valence-corrected chi connectivity index (χ3v) is 3.93. The van der Waals surface area contributed by atoms with Gasteiger partial charge in [-0.25, -0.2) is 9.97 Å². The number of aryl methyl sites for hydroxylation is 1. The van der Waals surface area contributed by atoms with Crippen LogP contribution in [0.4, 0.5) is 0 Å². The van der Waals surface area contributed by atoms with E-state index in [0.717, 1.165) is 30.4 Å². The van der Waals surface area contributed by atoms with E-state index in [1.165, 1.54) is 4.68 Å². The Balaban J connectivity index is 1.97. The molecule has 104 valence electrons. The fourth-order valence-electron chi connectivity index (χ4n) is 1.64. The van der Waals surface area contributed by atoms with Crippen LogP contribution in [0.2, 0.25) is 5.15 Å². The second-order valence-electron chi connectivity index (χ2n) is 4.46. The van der Waals surface area contributed by atoms with Crippen molar-refractivity contribution in [1.29, 1.82) is 0 Å². The molecule has 0 aromatic carbocycles. The Labute approximate surface area is 122 Å². The number of nitrogens with one attached hydrogen (secondary N) is 1. The van der Waals surface area contributed by atoms with E-state index >= 15 is 0 Å². The number of rotatable bonds is 3. The molecule has 20 heavy (non-hydrogen) atoms. The second-order valence-corrected chi connectivity index (χ2v) is 5.84. The molecular weight excluding hydrogens is 302 g/mol. The largest absolute Gasteiger partial charge is 0.339 e. The van der Waals surface area contributed by atoms with Gasteiger partial charge in [-0.3, -0.25) is 19.4 Å². The standard InChI is InChI=1S/C11H10ClN5O2S/c1-17-11(15-9(18)10(19)16-17)20-7-4-6(12)13-8(14-7)5-2-3-5/h4-5H,2-3H2,1H3,(H,16,19). The van der Waals surface area contributed by atoms with Gasteiger partial charge in [-0.05, 0) is 24.6 Å². The minimum absolute atomic E-state index is 0.339. The van der Waals surface area contributed by atoms with Crippen LogP contribution in [0.15, 0.2) is 25.8 Å². The maximum atomic E-state index is 11.3. The van der Waals surface area contributed by atoms with Crippen molar-refractivity contribution in [2.75, 3.05) is 0 Å². The Hall–Kier alpha value is -1.67. The van der Waals surface area contributed by atoms with Crippen molar-refractivity contribution in [3.8, 4) is 0 Å². The molecule has 1 N–H and O–H groups in total. The highest BCUT2D eigenvalue weighted by molar-refractivity contribution is 7.99. The normalized spacial score (nSPS) is 14.5. The summed E-state index contributed by atoms with van der Waals surface area (Å²) in [5.41, 5.74) is -1.58. The zero-order chi connectivity index (χ0) is 14.3. The third-order valence-electron chi connectivity index (χ3n) is 2.77. The van der Waals surface area contributed by atoms with Gasteiger partial charge in [0.05, 0.1) is 0 Å². The van der Waals surface area contributed by atoms with Gasteiger partial charge in [-0.2, -0.15) is 4.98 Å². The molecular formula is C11H10ClN5O2S. The summed E-state index contributed by atoms with van der Waals surface area (Å²) in [5.74, 6) is 1.09. The summed E-state index contributed by atoms with van der Waals surface area (Å²) in [6.45, 7) is 0. The van der Waals surface area contributed by atoms with Crippen molar-refractivity contribution in [2.45, 2.75) is 28.9 Å². The van der Waals surface area contributed by atoms with Crippen LogP contribution in [-0.4, -0.2) is 24.7 Å². The van der Waals surface area contributed by atoms with E-state index < -0.39 is 11.1 Å². The van der Waals surface area contributed by atoms with Crippen molar-refractivity contribution in [1.82, 2.24) is 24.7 Å². The summed E-state index contributed by atoms with van der Waals surface area (Å²) in [6.07, 6.45) is 2.14. The minimum Gasteiger partial charge on any atom is -0.265 e. The molecule has 0 spiro atoms. The van der Waals surface area contributed by atoms with Gasteiger partial charge in [-0.1, -0.05) is 11.6 Å². The van der Waals surface area contributed by atoms with Crippen LogP contribution in [0.25, 0.3) is 0 Å². The topological polar surface area (TPSA) is 93.5 Å². The van der Waals surface area contributed by atoms with Gasteiger partial charge in [0.1, 0.15) is 16.0 Å². The molecule has 2 aromatic heterocycles. The maximum Gasteiger partial charge on any atom is 0.339 e. The Bertz CT molecular complexity index is 783. The number of hydrogen-bond donors (Lipinski definition) is 1. The van der Waals surface area contributed by atoms with Gasteiger partial charge in [0.2, 0.25) is 0 Å². The molecule has 0 bridgehead atoms. The first-order chi connectivity index (χ1) is 9.52. The van der Waals surface area contributed by atoms with Crippen LogP contribution >= 0.6 is 23.4 Å². The number of nitrogens with zero attached hydrogens (tertiary/aromatic N) is 4. The van der Waals surface area contributed by atoms with Crippen LogP contribution < -0.4 is 11.1 Å². The molecule has 7 nitrogen and oxygen atoms in total. The lowest BCUT2D eigenvalue weighted by Crippen LogP contribution is -2.33. The van der Waals surface area contributed by atoms with Crippen molar-refractivity contribution in [2.24, 2.45) is 7.05 Å². The first-order valence-corrected chi connectivity index (χ1v) is 7.12. The molecule has 1 fully saturated rings.